The average molecular weight is 781 g/mol. The van der Waals surface area contributed by atoms with Crippen LogP contribution in [0.4, 0.5) is 16.2 Å². The van der Waals surface area contributed by atoms with Crippen LogP contribution in [0, 0.1) is 0 Å². The van der Waals surface area contributed by atoms with Crippen LogP contribution >= 0.6 is 0 Å². The van der Waals surface area contributed by atoms with Gasteiger partial charge < -0.3 is 25.7 Å². The van der Waals surface area contributed by atoms with Gasteiger partial charge in [-0.1, -0.05) is 62.3 Å². The average Bonchev–Trinajstić information content (AvgIpc) is 3.19. The Kier molecular flexibility index (Phi) is 19.6. The summed E-state index contributed by atoms with van der Waals surface area (Å²) in [6, 6.07) is 22.3. The number of aryl methyl sites for hydroxylation is 2. The van der Waals surface area contributed by atoms with Crippen LogP contribution in [0.25, 0.3) is 22.1 Å². The zero-order valence-corrected chi connectivity index (χ0v) is 33.8. The maximum absolute atomic E-state index is 11.7. The molecule has 15 heteroatoms. The molecular weight excluding hydrogens is 729 g/mol. The smallest absolute Gasteiger partial charge is 0.452 e. The number of aldehydes is 1. The first kappa shape index (κ1) is 46.5. The third-order valence-electron chi connectivity index (χ3n) is 7.15. The molecule has 0 bridgehead atoms. The molecule has 0 saturated carbocycles. The number of hydrogen-bond donors (Lipinski definition) is 2. The predicted octanol–water partition coefficient (Wildman–Crippen LogP) is 8.46. The van der Waals surface area contributed by atoms with Crippen LogP contribution in [0.2, 0.25) is 0 Å². The summed E-state index contributed by atoms with van der Waals surface area (Å²) in [5, 5.41) is 7.04. The van der Waals surface area contributed by atoms with Crippen molar-refractivity contribution >= 4 is 57.8 Å². The van der Waals surface area contributed by atoms with Gasteiger partial charge in [0, 0.05) is 6.08 Å². The highest BCUT2D eigenvalue weighted by Crippen LogP contribution is 2.15. The third kappa shape index (κ3) is 16.3. The first-order valence-corrected chi connectivity index (χ1v) is 18.4. The van der Waals surface area contributed by atoms with Crippen molar-refractivity contribution in [3.63, 3.8) is 0 Å². The van der Waals surface area contributed by atoms with Gasteiger partial charge in [-0.25, -0.2) is 34.3 Å². The number of fused-ring (bicyclic) bond motifs is 2. The van der Waals surface area contributed by atoms with Gasteiger partial charge in [-0.15, -0.1) is 5.11 Å². The molecule has 0 fully saturated rings. The fourth-order valence-electron chi connectivity index (χ4n) is 4.47. The molecule has 0 aliphatic heterocycles. The van der Waals surface area contributed by atoms with E-state index in [4.69, 9.17) is 25.7 Å². The van der Waals surface area contributed by atoms with Crippen molar-refractivity contribution in [1.29, 1.82) is 0 Å². The van der Waals surface area contributed by atoms with Gasteiger partial charge in [-0.05, 0) is 90.3 Å². The van der Waals surface area contributed by atoms with Crippen LogP contribution in [0.5, 0.6) is 0 Å². The van der Waals surface area contributed by atoms with E-state index in [1.54, 1.807) is 53.7 Å². The topological polar surface area (TPSA) is 224 Å². The molecule has 0 aliphatic rings. The van der Waals surface area contributed by atoms with Gasteiger partial charge in [-0.3, -0.25) is 4.79 Å². The maximum atomic E-state index is 11.7. The van der Waals surface area contributed by atoms with E-state index in [1.807, 2.05) is 74.5 Å². The summed E-state index contributed by atoms with van der Waals surface area (Å²) in [5.41, 5.74) is 17.2. The molecule has 2 heterocycles. The van der Waals surface area contributed by atoms with Crippen LogP contribution in [-0.2, 0) is 31.8 Å². The number of allylic oxidation sites excluding steroid dienone is 1. The number of anilines is 2. The van der Waals surface area contributed by atoms with E-state index < -0.39 is 23.6 Å². The van der Waals surface area contributed by atoms with E-state index >= 15 is 0 Å². The minimum Gasteiger partial charge on any atom is -0.463 e. The second-order valence-electron chi connectivity index (χ2n) is 12.6. The van der Waals surface area contributed by atoms with Crippen molar-refractivity contribution in [2.75, 3.05) is 24.7 Å². The fraction of sp³-hybridized carbons (Fsp3) is 0.333. The van der Waals surface area contributed by atoms with Gasteiger partial charge in [0.2, 0.25) is 0 Å². The van der Waals surface area contributed by atoms with Crippen molar-refractivity contribution in [3.8, 4) is 0 Å². The molecule has 3 aromatic carbocycles. The molecule has 0 aliphatic carbocycles. The Morgan fingerprint density at radius 2 is 1.14 bits per heavy atom. The normalized spacial score (nSPS) is 10.9. The number of ether oxygens (including phenoxy) is 3. The first-order chi connectivity index (χ1) is 27.2. The molecular formula is C42H52N8O7. The van der Waals surface area contributed by atoms with Gasteiger partial charge in [0.25, 0.3) is 0 Å². The van der Waals surface area contributed by atoms with Gasteiger partial charge in [0.15, 0.2) is 12.0 Å². The second kappa shape index (κ2) is 24.0. The lowest BCUT2D eigenvalue weighted by molar-refractivity contribution is -0.137. The van der Waals surface area contributed by atoms with Crippen molar-refractivity contribution in [1.82, 2.24) is 19.9 Å². The third-order valence-corrected chi connectivity index (χ3v) is 7.15. The number of nitrogen functional groups attached to an aromatic ring is 2. The van der Waals surface area contributed by atoms with Crippen molar-refractivity contribution in [2.45, 2.75) is 80.3 Å². The molecule has 0 spiro atoms. The van der Waals surface area contributed by atoms with E-state index in [-0.39, 0.29) is 6.61 Å². The summed E-state index contributed by atoms with van der Waals surface area (Å²) in [6.07, 6.45) is 3.03. The molecule has 5 aromatic rings. The minimum absolute atomic E-state index is 0.287. The van der Waals surface area contributed by atoms with Crippen LogP contribution in [-0.4, -0.2) is 63.1 Å². The molecule has 0 saturated heterocycles. The second-order valence-corrected chi connectivity index (χ2v) is 12.6. The quantitative estimate of drug-likeness (QED) is 0.0358. The van der Waals surface area contributed by atoms with Crippen molar-refractivity contribution in [2.24, 2.45) is 10.2 Å². The molecule has 302 valence electrons. The summed E-state index contributed by atoms with van der Waals surface area (Å²) < 4.78 is 14.6. The van der Waals surface area contributed by atoms with Gasteiger partial charge in [-0.2, -0.15) is 0 Å². The van der Waals surface area contributed by atoms with Gasteiger partial charge in [0.05, 0.1) is 63.7 Å². The molecule has 4 N–H and O–H groups in total. The lowest BCUT2D eigenvalue weighted by atomic mass is 10.2. The molecule has 15 nitrogen and oxygen atoms in total. The first-order valence-electron chi connectivity index (χ1n) is 18.4. The van der Waals surface area contributed by atoms with Crippen LogP contribution < -0.4 is 11.5 Å². The minimum atomic E-state index is -0.786. The highest BCUT2D eigenvalue weighted by Gasteiger charge is 2.17. The fourth-order valence-corrected chi connectivity index (χ4v) is 4.47. The lowest BCUT2D eigenvalue weighted by Crippen LogP contribution is -2.21. The Labute approximate surface area is 333 Å². The molecule has 5 rings (SSSR count). The number of carbonyl (C=O) groups excluding carboxylic acids is 4. The zero-order valence-electron chi connectivity index (χ0n) is 33.8. The molecule has 57 heavy (non-hydrogen) atoms. The Bertz CT molecular complexity index is 2140. The molecule has 0 unspecified atom stereocenters. The van der Waals surface area contributed by atoms with E-state index in [1.165, 1.54) is 6.08 Å². The van der Waals surface area contributed by atoms with Gasteiger partial charge in [0.1, 0.15) is 11.3 Å². The largest absolute Gasteiger partial charge is 0.463 e. The summed E-state index contributed by atoms with van der Waals surface area (Å²) in [4.78, 5) is 62.3. The number of aromatic nitrogens is 4. The number of hydrogen-bond acceptors (Lipinski definition) is 14. The summed E-state index contributed by atoms with van der Waals surface area (Å²) in [6.45, 7) is 15.0. The summed E-state index contributed by atoms with van der Waals surface area (Å²) in [7, 11) is 0. The number of rotatable bonds is 9. The Morgan fingerprint density at radius 1 is 0.667 bits per heavy atom. The van der Waals surface area contributed by atoms with E-state index in [9.17, 15) is 19.2 Å². The van der Waals surface area contributed by atoms with E-state index in [2.05, 4.69) is 30.2 Å². The SMILES string of the molecule is CCOC(=O)/C=C(\CC)N=NC(=O)OC(C)(C)C.CCOC(=O)c1nc2ccccc2nc1CC.CCc1nc2ccccc2nc1C=O.Nc1ccccc1N. The number of benzene rings is 3. The number of amides is 1. The Hall–Kier alpha value is -6.64. The standard InChI is InChI=1S/C13H14N2O2.C12H20N2O4.C11H10N2O.C6H8N2/c1-3-9-12(13(16)17-4-2)15-11-8-6-5-7-10(11)14-9;1-6-9(8-10(15)17-7-2)13-14-11(16)18-12(3,4)5;1-2-8-11(7-14)13-10-6-4-3-5-9(10)12-8;7-5-3-1-2-4-6(5)8/h5-8H,3-4H2,1-2H3;8H,6-7H2,1-5H3;3-7H,2H2,1H3;1-4H,7-8H2/b;9-8+,14-13?;;. The number of nitrogens with zero attached hydrogens (tertiary/aromatic N) is 6. The number of esters is 2. The predicted molar refractivity (Wildman–Crippen MR) is 221 cm³/mol. The van der Waals surface area contributed by atoms with E-state index in [0.717, 1.165) is 35.0 Å². The molecule has 1 amide bonds. The Balaban J connectivity index is 0.000000270. The van der Waals surface area contributed by atoms with Crippen molar-refractivity contribution < 1.29 is 33.4 Å². The van der Waals surface area contributed by atoms with E-state index in [0.29, 0.717) is 59.1 Å². The Morgan fingerprint density at radius 3 is 1.58 bits per heavy atom. The lowest BCUT2D eigenvalue weighted by Gasteiger charge is -2.16. The highest BCUT2D eigenvalue weighted by molar-refractivity contribution is 5.91. The number of para-hydroxylation sites is 6. The number of azo groups is 1. The van der Waals surface area contributed by atoms with Crippen LogP contribution in [0.3, 0.4) is 0 Å². The number of nitrogens with two attached hydrogens (primary N) is 2. The number of carbonyl (C=O) groups is 4. The zero-order chi connectivity index (χ0) is 42.4. The maximum Gasteiger partial charge on any atom is 0.452 e. The van der Waals surface area contributed by atoms with Crippen molar-refractivity contribution in [3.05, 3.63) is 107 Å². The molecule has 0 atom stereocenters. The highest BCUT2D eigenvalue weighted by atomic mass is 16.6. The van der Waals surface area contributed by atoms with Crippen LogP contribution in [0.15, 0.2) is 94.8 Å². The van der Waals surface area contributed by atoms with Gasteiger partial charge >= 0.3 is 18.0 Å². The molecule has 2 aromatic heterocycles. The summed E-state index contributed by atoms with van der Waals surface area (Å²) >= 11 is 0. The monoisotopic (exact) mass is 780 g/mol. The molecule has 0 radical (unpaired) electrons. The summed E-state index contributed by atoms with van der Waals surface area (Å²) in [5.74, 6) is -0.903. The van der Waals surface area contributed by atoms with Crippen LogP contribution in [0.1, 0.15) is 94.2 Å².